The Kier molecular flexibility index (Phi) is 5.69. The predicted octanol–water partition coefficient (Wildman–Crippen LogP) is 3.52. The lowest BCUT2D eigenvalue weighted by atomic mass is 10.2. The molecule has 1 aliphatic rings. The molecule has 1 fully saturated rings. The molecule has 144 valence electrons. The van der Waals surface area contributed by atoms with Gasteiger partial charge < -0.3 is 10.1 Å². The van der Waals surface area contributed by atoms with Crippen molar-refractivity contribution in [3.05, 3.63) is 52.8 Å². The summed E-state index contributed by atoms with van der Waals surface area (Å²) in [6, 6.07) is 7.96. The largest absolute Gasteiger partial charge is 0.495 e. The summed E-state index contributed by atoms with van der Waals surface area (Å²) in [5.74, 6) is -1.00. The molecule has 1 heterocycles. The topological polar surface area (TPSA) is 75.7 Å². The molecule has 2 aromatic carbocycles. The van der Waals surface area contributed by atoms with Crippen LogP contribution in [0.4, 0.5) is 10.1 Å². The van der Waals surface area contributed by atoms with Crippen molar-refractivity contribution in [2.24, 2.45) is 0 Å². The Morgan fingerprint density at radius 1 is 1.19 bits per heavy atom. The van der Waals surface area contributed by atoms with Gasteiger partial charge in [0.15, 0.2) is 0 Å². The minimum Gasteiger partial charge on any atom is -0.495 e. The summed E-state index contributed by atoms with van der Waals surface area (Å²) in [4.78, 5) is 12.0. The third kappa shape index (κ3) is 4.07. The predicted molar refractivity (Wildman–Crippen MR) is 100 cm³/mol. The fourth-order valence-corrected chi connectivity index (χ4v) is 4.72. The standard InChI is InChI=1S/C18H18ClFN2O4S/c1-26-16-7-5-13(11-14(16)19)21-18(23)12-4-6-15(20)17(10-12)27(24,25)22-8-2-3-9-22/h4-7,10-11H,2-3,8-9H2,1H3,(H,21,23). The first-order valence-corrected chi connectivity index (χ1v) is 10.1. The molecule has 1 aliphatic heterocycles. The van der Waals surface area contributed by atoms with E-state index < -0.39 is 26.6 Å². The van der Waals surface area contributed by atoms with E-state index in [1.807, 2.05) is 0 Å². The van der Waals surface area contributed by atoms with Gasteiger partial charge in [0.25, 0.3) is 5.91 Å². The van der Waals surface area contributed by atoms with Crippen LogP contribution in [0.2, 0.25) is 5.02 Å². The second-order valence-electron chi connectivity index (χ2n) is 6.06. The number of sulfonamides is 1. The van der Waals surface area contributed by atoms with Crippen LogP contribution in [0.15, 0.2) is 41.3 Å². The molecule has 0 bridgehead atoms. The molecule has 6 nitrogen and oxygen atoms in total. The quantitative estimate of drug-likeness (QED) is 0.815. The number of halogens is 2. The highest BCUT2D eigenvalue weighted by Gasteiger charge is 2.30. The summed E-state index contributed by atoms with van der Waals surface area (Å²) in [6.45, 7) is 0.699. The first-order valence-electron chi connectivity index (χ1n) is 8.27. The summed E-state index contributed by atoms with van der Waals surface area (Å²) in [5, 5.41) is 2.92. The number of carbonyl (C=O) groups is 1. The average molecular weight is 413 g/mol. The first kappa shape index (κ1) is 19.6. The normalized spacial score (nSPS) is 14.9. The van der Waals surface area contributed by atoms with Crippen LogP contribution in [-0.2, 0) is 10.0 Å². The van der Waals surface area contributed by atoms with Crippen LogP contribution in [0, 0.1) is 5.82 Å². The van der Waals surface area contributed by atoms with Gasteiger partial charge in [-0.05, 0) is 49.2 Å². The van der Waals surface area contributed by atoms with Crippen LogP contribution in [0.5, 0.6) is 5.75 Å². The molecule has 0 unspecified atom stereocenters. The highest BCUT2D eigenvalue weighted by molar-refractivity contribution is 7.89. The Hall–Kier alpha value is -2.16. The molecule has 0 aliphatic carbocycles. The Labute approximate surface area is 161 Å². The van der Waals surface area contributed by atoms with Crippen molar-refractivity contribution in [3.63, 3.8) is 0 Å². The molecular weight excluding hydrogens is 395 g/mol. The molecular formula is C18H18ClFN2O4S. The van der Waals surface area contributed by atoms with Crippen molar-refractivity contribution in [3.8, 4) is 5.75 Å². The van der Waals surface area contributed by atoms with Crippen LogP contribution in [0.25, 0.3) is 0 Å². The van der Waals surface area contributed by atoms with Gasteiger partial charge in [-0.25, -0.2) is 12.8 Å². The van der Waals surface area contributed by atoms with E-state index in [1.54, 1.807) is 12.1 Å². The maximum absolute atomic E-state index is 14.2. The zero-order valence-corrected chi connectivity index (χ0v) is 16.1. The summed E-state index contributed by atoms with van der Waals surface area (Å²) in [5.41, 5.74) is 0.431. The molecule has 0 radical (unpaired) electrons. The van der Waals surface area contributed by atoms with Crippen molar-refractivity contribution >= 4 is 33.2 Å². The van der Waals surface area contributed by atoms with E-state index in [4.69, 9.17) is 16.3 Å². The van der Waals surface area contributed by atoms with E-state index >= 15 is 0 Å². The van der Waals surface area contributed by atoms with Crippen molar-refractivity contribution in [1.82, 2.24) is 4.31 Å². The zero-order valence-electron chi connectivity index (χ0n) is 14.5. The highest BCUT2D eigenvalue weighted by atomic mass is 35.5. The maximum Gasteiger partial charge on any atom is 0.255 e. The molecule has 1 N–H and O–H groups in total. The molecule has 0 aromatic heterocycles. The summed E-state index contributed by atoms with van der Waals surface area (Å²) >= 11 is 6.03. The van der Waals surface area contributed by atoms with Crippen molar-refractivity contribution < 1.29 is 22.3 Å². The van der Waals surface area contributed by atoms with Gasteiger partial charge in [-0.15, -0.1) is 0 Å². The van der Waals surface area contributed by atoms with Crippen molar-refractivity contribution in [2.45, 2.75) is 17.7 Å². The average Bonchev–Trinajstić information content (AvgIpc) is 3.17. The number of carbonyl (C=O) groups excluding carboxylic acids is 1. The number of hydrogen-bond donors (Lipinski definition) is 1. The molecule has 1 amide bonds. The smallest absolute Gasteiger partial charge is 0.255 e. The van der Waals surface area contributed by atoms with Gasteiger partial charge in [-0.1, -0.05) is 11.6 Å². The number of nitrogens with zero attached hydrogens (tertiary/aromatic N) is 1. The van der Waals surface area contributed by atoms with E-state index in [1.165, 1.54) is 23.5 Å². The third-order valence-electron chi connectivity index (χ3n) is 4.29. The van der Waals surface area contributed by atoms with Gasteiger partial charge in [0.05, 0.1) is 12.1 Å². The Bertz CT molecular complexity index is 975. The molecule has 0 atom stereocenters. The molecule has 0 saturated carbocycles. The van der Waals surface area contributed by atoms with E-state index in [0.717, 1.165) is 25.0 Å². The number of amides is 1. The van der Waals surface area contributed by atoms with Gasteiger partial charge in [-0.3, -0.25) is 4.79 Å². The SMILES string of the molecule is COc1ccc(NC(=O)c2ccc(F)c(S(=O)(=O)N3CCCC3)c2)cc1Cl. The van der Waals surface area contributed by atoms with Gasteiger partial charge in [-0.2, -0.15) is 4.31 Å². The third-order valence-corrected chi connectivity index (χ3v) is 6.49. The zero-order chi connectivity index (χ0) is 19.6. The summed E-state index contributed by atoms with van der Waals surface area (Å²) < 4.78 is 45.7. The number of methoxy groups -OCH3 is 1. The number of rotatable bonds is 5. The monoisotopic (exact) mass is 412 g/mol. The van der Waals surface area contributed by atoms with Crippen LogP contribution >= 0.6 is 11.6 Å². The minimum absolute atomic E-state index is 0.0288. The number of hydrogen-bond acceptors (Lipinski definition) is 4. The fraction of sp³-hybridized carbons (Fsp3) is 0.278. The molecule has 27 heavy (non-hydrogen) atoms. The highest BCUT2D eigenvalue weighted by Crippen LogP contribution is 2.28. The number of nitrogens with one attached hydrogen (secondary N) is 1. The number of anilines is 1. The number of benzene rings is 2. The van der Waals surface area contributed by atoms with E-state index in [9.17, 15) is 17.6 Å². The first-order chi connectivity index (χ1) is 12.8. The van der Waals surface area contributed by atoms with Crippen molar-refractivity contribution in [1.29, 1.82) is 0 Å². The van der Waals surface area contributed by atoms with E-state index in [-0.39, 0.29) is 5.56 Å². The van der Waals surface area contributed by atoms with Gasteiger partial charge in [0, 0.05) is 24.3 Å². The maximum atomic E-state index is 14.2. The lowest BCUT2D eigenvalue weighted by molar-refractivity contribution is 0.102. The Morgan fingerprint density at radius 2 is 1.89 bits per heavy atom. The van der Waals surface area contributed by atoms with Crippen LogP contribution in [0.3, 0.4) is 0 Å². The molecule has 1 saturated heterocycles. The molecule has 9 heteroatoms. The van der Waals surface area contributed by atoms with Crippen LogP contribution in [0.1, 0.15) is 23.2 Å². The lowest BCUT2D eigenvalue weighted by Crippen LogP contribution is -2.29. The van der Waals surface area contributed by atoms with Crippen molar-refractivity contribution in [2.75, 3.05) is 25.5 Å². The van der Waals surface area contributed by atoms with Crippen LogP contribution < -0.4 is 10.1 Å². The minimum atomic E-state index is -3.97. The van der Waals surface area contributed by atoms with Gasteiger partial charge >= 0.3 is 0 Å². The second-order valence-corrected chi connectivity index (χ2v) is 8.37. The van der Waals surface area contributed by atoms with Crippen LogP contribution in [-0.4, -0.2) is 38.8 Å². The summed E-state index contributed by atoms with van der Waals surface area (Å²) in [6.07, 6.45) is 1.47. The van der Waals surface area contributed by atoms with Gasteiger partial charge in [0.2, 0.25) is 10.0 Å². The Morgan fingerprint density at radius 3 is 2.52 bits per heavy atom. The fourth-order valence-electron chi connectivity index (χ4n) is 2.86. The molecule has 0 spiro atoms. The summed E-state index contributed by atoms with van der Waals surface area (Å²) in [7, 11) is -2.50. The van der Waals surface area contributed by atoms with E-state index in [2.05, 4.69) is 5.32 Å². The second kappa shape index (κ2) is 7.84. The van der Waals surface area contributed by atoms with E-state index in [0.29, 0.717) is 29.5 Å². The molecule has 3 rings (SSSR count). The number of ether oxygens (including phenoxy) is 1. The van der Waals surface area contributed by atoms with Gasteiger partial charge in [0.1, 0.15) is 16.5 Å². The Balaban J connectivity index is 1.87. The lowest BCUT2D eigenvalue weighted by Gasteiger charge is -2.16. The molecule has 2 aromatic rings.